The molecule has 1 unspecified atom stereocenters. The first-order valence-corrected chi connectivity index (χ1v) is 5.89. The second-order valence-electron chi connectivity index (χ2n) is 4.61. The molecule has 0 saturated carbocycles. The summed E-state index contributed by atoms with van der Waals surface area (Å²) in [6.07, 6.45) is 2.60. The van der Waals surface area contributed by atoms with E-state index in [1.165, 1.54) is 25.9 Å². The molecule has 0 aliphatic carbocycles. The Kier molecular flexibility index (Phi) is 3.79. The van der Waals surface area contributed by atoms with Crippen LogP contribution in [0.4, 0.5) is 0 Å². The monoisotopic (exact) mass is 198 g/mol. The molecular formula is C11H22N2O. The summed E-state index contributed by atoms with van der Waals surface area (Å²) in [7, 11) is 0. The SMILES string of the molecule is C[C@H]1CNCCN1CCC1CCOC1. The van der Waals surface area contributed by atoms with Crippen LogP contribution in [0.1, 0.15) is 19.8 Å². The molecule has 2 fully saturated rings. The lowest BCUT2D eigenvalue weighted by Gasteiger charge is -2.34. The van der Waals surface area contributed by atoms with Crippen molar-refractivity contribution >= 4 is 0 Å². The van der Waals surface area contributed by atoms with Gasteiger partial charge in [-0.3, -0.25) is 4.90 Å². The molecule has 2 saturated heterocycles. The Balaban J connectivity index is 1.67. The molecule has 0 aromatic rings. The summed E-state index contributed by atoms with van der Waals surface area (Å²) >= 11 is 0. The van der Waals surface area contributed by atoms with Gasteiger partial charge in [-0.15, -0.1) is 0 Å². The van der Waals surface area contributed by atoms with Crippen LogP contribution in [-0.4, -0.2) is 50.3 Å². The molecule has 2 atom stereocenters. The summed E-state index contributed by atoms with van der Waals surface area (Å²) in [4.78, 5) is 2.61. The summed E-state index contributed by atoms with van der Waals surface area (Å²) in [5.74, 6) is 0.831. The van der Waals surface area contributed by atoms with E-state index in [1.54, 1.807) is 0 Å². The Labute approximate surface area is 86.8 Å². The van der Waals surface area contributed by atoms with Crippen LogP contribution in [0.5, 0.6) is 0 Å². The van der Waals surface area contributed by atoms with Gasteiger partial charge in [-0.05, 0) is 32.2 Å². The number of nitrogens with one attached hydrogen (secondary N) is 1. The minimum Gasteiger partial charge on any atom is -0.381 e. The van der Waals surface area contributed by atoms with Gasteiger partial charge in [0.2, 0.25) is 0 Å². The van der Waals surface area contributed by atoms with Crippen molar-refractivity contribution in [3.63, 3.8) is 0 Å². The highest BCUT2D eigenvalue weighted by Crippen LogP contribution is 2.17. The first-order valence-electron chi connectivity index (χ1n) is 5.89. The fraction of sp³-hybridized carbons (Fsp3) is 1.00. The van der Waals surface area contributed by atoms with E-state index in [0.29, 0.717) is 6.04 Å². The maximum Gasteiger partial charge on any atom is 0.0495 e. The van der Waals surface area contributed by atoms with Crippen LogP contribution in [0.25, 0.3) is 0 Å². The minimum absolute atomic E-state index is 0.714. The lowest BCUT2D eigenvalue weighted by molar-refractivity contribution is 0.151. The van der Waals surface area contributed by atoms with Gasteiger partial charge in [0.05, 0.1) is 0 Å². The number of piperazine rings is 1. The predicted octanol–water partition coefficient (Wildman–Crippen LogP) is 0.707. The van der Waals surface area contributed by atoms with E-state index < -0.39 is 0 Å². The molecule has 3 heteroatoms. The molecule has 2 rings (SSSR count). The van der Waals surface area contributed by atoms with Gasteiger partial charge in [0.1, 0.15) is 0 Å². The van der Waals surface area contributed by atoms with Crippen LogP contribution in [0.3, 0.4) is 0 Å². The molecule has 0 bridgehead atoms. The molecule has 0 aromatic carbocycles. The summed E-state index contributed by atoms with van der Waals surface area (Å²) in [5, 5.41) is 3.43. The van der Waals surface area contributed by atoms with Crippen molar-refractivity contribution < 1.29 is 4.74 Å². The van der Waals surface area contributed by atoms with Crippen LogP contribution >= 0.6 is 0 Å². The molecule has 0 spiro atoms. The second-order valence-corrected chi connectivity index (χ2v) is 4.61. The summed E-state index contributed by atoms with van der Waals surface area (Å²) in [6, 6.07) is 0.714. The zero-order valence-corrected chi connectivity index (χ0v) is 9.17. The smallest absolute Gasteiger partial charge is 0.0495 e. The third-order valence-electron chi connectivity index (χ3n) is 3.49. The van der Waals surface area contributed by atoms with Gasteiger partial charge in [0, 0.05) is 38.9 Å². The molecule has 2 aliphatic rings. The molecule has 1 N–H and O–H groups in total. The maximum absolute atomic E-state index is 5.39. The lowest BCUT2D eigenvalue weighted by Crippen LogP contribution is -2.50. The number of nitrogens with zero attached hydrogens (tertiary/aromatic N) is 1. The van der Waals surface area contributed by atoms with E-state index in [4.69, 9.17) is 4.74 Å². The molecule has 2 aliphatic heterocycles. The van der Waals surface area contributed by atoms with E-state index in [-0.39, 0.29) is 0 Å². The maximum atomic E-state index is 5.39. The van der Waals surface area contributed by atoms with Gasteiger partial charge in [0.15, 0.2) is 0 Å². The number of rotatable bonds is 3. The quantitative estimate of drug-likeness (QED) is 0.723. The fourth-order valence-electron chi connectivity index (χ4n) is 2.37. The predicted molar refractivity (Wildman–Crippen MR) is 57.4 cm³/mol. The van der Waals surface area contributed by atoms with Crippen LogP contribution in [0.2, 0.25) is 0 Å². The largest absolute Gasteiger partial charge is 0.381 e. The minimum atomic E-state index is 0.714. The van der Waals surface area contributed by atoms with Gasteiger partial charge in [-0.1, -0.05) is 0 Å². The standard InChI is InChI=1S/C11H22N2O/c1-10-8-12-4-6-13(10)5-2-11-3-7-14-9-11/h10-12H,2-9H2,1H3/t10-,11?/m0/s1. The first-order chi connectivity index (χ1) is 6.86. The normalized spacial score (nSPS) is 34.9. The van der Waals surface area contributed by atoms with E-state index in [9.17, 15) is 0 Å². The third kappa shape index (κ3) is 2.69. The topological polar surface area (TPSA) is 24.5 Å². The second kappa shape index (κ2) is 5.10. The molecular weight excluding hydrogens is 176 g/mol. The summed E-state index contributed by atoms with van der Waals surface area (Å²) < 4.78 is 5.39. The average Bonchev–Trinajstić information content (AvgIpc) is 2.69. The zero-order chi connectivity index (χ0) is 9.80. The molecule has 2 heterocycles. The summed E-state index contributed by atoms with van der Waals surface area (Å²) in [5.41, 5.74) is 0. The molecule has 0 amide bonds. The number of ether oxygens (including phenoxy) is 1. The van der Waals surface area contributed by atoms with Crippen molar-refractivity contribution in [2.75, 3.05) is 39.4 Å². The summed E-state index contributed by atoms with van der Waals surface area (Å²) in [6.45, 7) is 9.10. The number of hydrogen-bond donors (Lipinski definition) is 1. The van der Waals surface area contributed by atoms with Crippen molar-refractivity contribution in [2.45, 2.75) is 25.8 Å². The van der Waals surface area contributed by atoms with E-state index in [0.717, 1.165) is 32.2 Å². The van der Waals surface area contributed by atoms with Crippen molar-refractivity contribution in [2.24, 2.45) is 5.92 Å². The highest BCUT2D eigenvalue weighted by atomic mass is 16.5. The van der Waals surface area contributed by atoms with E-state index in [1.807, 2.05) is 0 Å². The fourth-order valence-corrected chi connectivity index (χ4v) is 2.37. The zero-order valence-electron chi connectivity index (χ0n) is 9.17. The van der Waals surface area contributed by atoms with Gasteiger partial charge in [0.25, 0.3) is 0 Å². The van der Waals surface area contributed by atoms with Crippen molar-refractivity contribution in [1.29, 1.82) is 0 Å². The van der Waals surface area contributed by atoms with Crippen molar-refractivity contribution in [3.8, 4) is 0 Å². The van der Waals surface area contributed by atoms with Crippen molar-refractivity contribution in [1.82, 2.24) is 10.2 Å². The van der Waals surface area contributed by atoms with Crippen LogP contribution in [-0.2, 0) is 4.74 Å². The Hall–Kier alpha value is -0.120. The van der Waals surface area contributed by atoms with Gasteiger partial charge >= 0.3 is 0 Å². The van der Waals surface area contributed by atoms with Gasteiger partial charge in [-0.2, -0.15) is 0 Å². The molecule has 0 radical (unpaired) electrons. The van der Waals surface area contributed by atoms with Crippen molar-refractivity contribution in [3.05, 3.63) is 0 Å². The highest BCUT2D eigenvalue weighted by molar-refractivity contribution is 4.77. The molecule has 0 aromatic heterocycles. The van der Waals surface area contributed by atoms with Gasteiger partial charge < -0.3 is 10.1 Å². The van der Waals surface area contributed by atoms with Crippen LogP contribution in [0.15, 0.2) is 0 Å². The first kappa shape index (κ1) is 10.4. The Morgan fingerprint density at radius 2 is 2.43 bits per heavy atom. The molecule has 3 nitrogen and oxygen atoms in total. The Morgan fingerprint density at radius 3 is 3.14 bits per heavy atom. The third-order valence-corrected chi connectivity index (χ3v) is 3.49. The molecule has 82 valence electrons. The Bertz CT molecular complexity index is 169. The van der Waals surface area contributed by atoms with Gasteiger partial charge in [-0.25, -0.2) is 0 Å². The van der Waals surface area contributed by atoms with Crippen LogP contribution in [0, 0.1) is 5.92 Å². The van der Waals surface area contributed by atoms with E-state index in [2.05, 4.69) is 17.1 Å². The lowest BCUT2D eigenvalue weighted by atomic mass is 10.0. The molecule has 14 heavy (non-hydrogen) atoms. The highest BCUT2D eigenvalue weighted by Gasteiger charge is 2.20. The average molecular weight is 198 g/mol. The number of hydrogen-bond acceptors (Lipinski definition) is 3. The Morgan fingerprint density at radius 1 is 1.50 bits per heavy atom. The van der Waals surface area contributed by atoms with Crippen LogP contribution < -0.4 is 5.32 Å². The van der Waals surface area contributed by atoms with E-state index >= 15 is 0 Å².